The fraction of sp³-hybridized carbons (Fsp3) is 0.296. The van der Waals surface area contributed by atoms with E-state index in [0.717, 1.165) is 15.6 Å². The molecule has 3 aromatic carbocycles. The summed E-state index contributed by atoms with van der Waals surface area (Å²) < 4.78 is 45.0. The van der Waals surface area contributed by atoms with Crippen LogP contribution in [0.4, 0.5) is 11.4 Å². The van der Waals surface area contributed by atoms with Crippen molar-refractivity contribution in [2.75, 3.05) is 36.6 Å². The summed E-state index contributed by atoms with van der Waals surface area (Å²) in [6, 6.07) is 18.6. The Balaban J connectivity index is 1.74. The lowest BCUT2D eigenvalue weighted by Gasteiger charge is -2.29. The number of carbonyl (C=O) groups is 1. The highest BCUT2D eigenvalue weighted by Crippen LogP contribution is 2.35. The van der Waals surface area contributed by atoms with Gasteiger partial charge in [0, 0.05) is 17.8 Å². The van der Waals surface area contributed by atoms with Crippen LogP contribution in [0.5, 0.6) is 17.2 Å². The highest BCUT2D eigenvalue weighted by Gasteiger charge is 2.35. The molecular formula is C27H30N2O6S. The molecule has 1 amide bonds. The van der Waals surface area contributed by atoms with Crippen LogP contribution in [0.25, 0.3) is 0 Å². The van der Waals surface area contributed by atoms with Gasteiger partial charge in [-0.1, -0.05) is 18.2 Å². The summed E-state index contributed by atoms with van der Waals surface area (Å²) in [5, 5.41) is 0. The van der Waals surface area contributed by atoms with Gasteiger partial charge < -0.3 is 19.1 Å². The number of carbonyl (C=O) groups excluding carboxylic acids is 1. The number of hydrogen-bond acceptors (Lipinski definition) is 6. The van der Waals surface area contributed by atoms with Crippen molar-refractivity contribution in [2.45, 2.75) is 31.2 Å². The van der Waals surface area contributed by atoms with E-state index in [1.807, 2.05) is 38.1 Å². The predicted molar refractivity (Wildman–Crippen MR) is 139 cm³/mol. The van der Waals surface area contributed by atoms with Crippen LogP contribution in [0, 0.1) is 0 Å². The number of rotatable bonds is 9. The van der Waals surface area contributed by atoms with Gasteiger partial charge in [0.25, 0.3) is 10.0 Å². The predicted octanol–water partition coefficient (Wildman–Crippen LogP) is 4.28. The zero-order valence-electron chi connectivity index (χ0n) is 20.8. The maximum Gasteiger partial charge on any atom is 0.264 e. The van der Waals surface area contributed by atoms with Crippen LogP contribution < -0.4 is 23.4 Å². The molecule has 0 spiro atoms. The minimum absolute atomic E-state index is 0.0169. The molecule has 0 fully saturated rings. The first kappa shape index (κ1) is 25.4. The Labute approximate surface area is 212 Å². The Morgan fingerprint density at radius 2 is 1.69 bits per heavy atom. The Kier molecular flexibility index (Phi) is 7.40. The highest BCUT2D eigenvalue weighted by atomic mass is 32.2. The van der Waals surface area contributed by atoms with Gasteiger partial charge in [0.15, 0.2) is 11.5 Å². The normalized spacial score (nSPS) is 14.8. The third-order valence-electron chi connectivity index (χ3n) is 6.13. The van der Waals surface area contributed by atoms with Crippen LogP contribution >= 0.6 is 0 Å². The summed E-state index contributed by atoms with van der Waals surface area (Å²) in [6.45, 7) is 3.94. The minimum Gasteiger partial charge on any atom is -0.494 e. The van der Waals surface area contributed by atoms with E-state index < -0.39 is 10.0 Å². The molecule has 36 heavy (non-hydrogen) atoms. The maximum absolute atomic E-state index is 13.9. The van der Waals surface area contributed by atoms with Gasteiger partial charge >= 0.3 is 0 Å². The molecule has 0 saturated heterocycles. The van der Waals surface area contributed by atoms with Crippen molar-refractivity contribution in [1.29, 1.82) is 0 Å². The molecule has 9 heteroatoms. The summed E-state index contributed by atoms with van der Waals surface area (Å²) in [4.78, 5) is 15.3. The van der Waals surface area contributed by atoms with Crippen molar-refractivity contribution in [1.82, 2.24) is 0 Å². The molecule has 1 aliphatic heterocycles. The third-order valence-corrected chi connectivity index (χ3v) is 7.90. The summed E-state index contributed by atoms with van der Waals surface area (Å²) >= 11 is 0. The molecule has 1 heterocycles. The molecular weight excluding hydrogens is 480 g/mol. The first-order valence-corrected chi connectivity index (χ1v) is 13.1. The van der Waals surface area contributed by atoms with Crippen molar-refractivity contribution in [3.8, 4) is 17.2 Å². The van der Waals surface area contributed by atoms with E-state index in [0.29, 0.717) is 30.2 Å². The first-order chi connectivity index (χ1) is 17.3. The second kappa shape index (κ2) is 10.5. The fourth-order valence-electron chi connectivity index (χ4n) is 4.44. The Hall–Kier alpha value is -3.72. The number of ether oxygens (including phenoxy) is 3. The van der Waals surface area contributed by atoms with Gasteiger partial charge in [0.05, 0.1) is 31.4 Å². The largest absolute Gasteiger partial charge is 0.494 e. The summed E-state index contributed by atoms with van der Waals surface area (Å²) in [7, 11) is -1.23. The number of amides is 1. The van der Waals surface area contributed by atoms with Crippen molar-refractivity contribution in [3.63, 3.8) is 0 Å². The molecule has 190 valence electrons. The smallest absolute Gasteiger partial charge is 0.264 e. The zero-order chi connectivity index (χ0) is 25.9. The summed E-state index contributed by atoms with van der Waals surface area (Å²) in [5.74, 6) is 0.977. The van der Waals surface area contributed by atoms with Crippen LogP contribution in [0.1, 0.15) is 19.4 Å². The lowest BCUT2D eigenvalue weighted by Crippen LogP contribution is -2.45. The quantitative estimate of drug-likeness (QED) is 0.427. The molecule has 8 nitrogen and oxygen atoms in total. The lowest BCUT2D eigenvalue weighted by molar-refractivity contribution is -0.117. The summed E-state index contributed by atoms with van der Waals surface area (Å²) in [6.07, 6.45) is 0.716. The topological polar surface area (TPSA) is 85.4 Å². The van der Waals surface area contributed by atoms with Crippen LogP contribution in [0.2, 0.25) is 0 Å². The van der Waals surface area contributed by atoms with Crippen LogP contribution in [-0.2, 0) is 21.2 Å². The average Bonchev–Trinajstić information content (AvgIpc) is 3.23. The summed E-state index contributed by atoms with van der Waals surface area (Å²) in [5.41, 5.74) is 2.22. The molecule has 0 aliphatic carbocycles. The van der Waals surface area contributed by atoms with Crippen molar-refractivity contribution in [2.24, 2.45) is 0 Å². The molecule has 3 aromatic rings. The average molecular weight is 511 g/mol. The molecule has 0 radical (unpaired) electrons. The van der Waals surface area contributed by atoms with E-state index in [2.05, 4.69) is 0 Å². The number of fused-ring (bicyclic) bond motifs is 1. The fourth-order valence-corrected chi connectivity index (χ4v) is 5.87. The molecule has 1 unspecified atom stereocenters. The van der Waals surface area contributed by atoms with Crippen LogP contribution in [0.15, 0.2) is 71.6 Å². The van der Waals surface area contributed by atoms with Gasteiger partial charge in [-0.2, -0.15) is 0 Å². The SMILES string of the molecule is CCOc1ccc(N(CC(=O)N2c3ccccc3CC2C)S(=O)(=O)c2ccc(OC)c(OC)c2)cc1. The number of sulfonamides is 1. The molecule has 1 aliphatic rings. The van der Waals surface area contributed by atoms with Crippen molar-refractivity contribution >= 4 is 27.3 Å². The molecule has 1 atom stereocenters. The van der Waals surface area contributed by atoms with Gasteiger partial charge in [-0.15, -0.1) is 0 Å². The molecule has 0 aromatic heterocycles. The van der Waals surface area contributed by atoms with Crippen LogP contribution in [-0.4, -0.2) is 47.7 Å². The number of anilines is 2. The number of methoxy groups -OCH3 is 2. The van der Waals surface area contributed by atoms with Gasteiger partial charge in [-0.25, -0.2) is 8.42 Å². The molecule has 0 bridgehead atoms. The maximum atomic E-state index is 13.9. The second-order valence-electron chi connectivity index (χ2n) is 8.40. The Morgan fingerprint density at radius 3 is 2.36 bits per heavy atom. The molecule has 0 saturated carbocycles. The van der Waals surface area contributed by atoms with Crippen molar-refractivity contribution in [3.05, 3.63) is 72.3 Å². The first-order valence-electron chi connectivity index (χ1n) is 11.7. The third kappa shape index (κ3) is 4.83. The molecule has 4 rings (SSSR count). The van der Waals surface area contributed by atoms with E-state index in [4.69, 9.17) is 14.2 Å². The standard InChI is InChI=1S/C27H30N2O6S/c1-5-35-22-12-10-21(11-13-22)28(36(31,32)23-14-15-25(33-3)26(17-23)34-4)18-27(30)29-19(2)16-20-8-6-7-9-24(20)29/h6-15,17,19H,5,16,18H2,1-4H3. The number of para-hydroxylation sites is 1. The number of benzene rings is 3. The van der Waals surface area contributed by atoms with E-state index in [9.17, 15) is 13.2 Å². The van der Waals surface area contributed by atoms with E-state index >= 15 is 0 Å². The minimum atomic E-state index is -4.15. The number of nitrogens with zero attached hydrogens (tertiary/aromatic N) is 2. The van der Waals surface area contributed by atoms with Crippen LogP contribution in [0.3, 0.4) is 0 Å². The van der Waals surface area contributed by atoms with E-state index in [1.54, 1.807) is 29.2 Å². The zero-order valence-corrected chi connectivity index (χ0v) is 21.6. The number of hydrogen-bond donors (Lipinski definition) is 0. The monoisotopic (exact) mass is 510 g/mol. The van der Waals surface area contributed by atoms with Gasteiger partial charge in [0.2, 0.25) is 5.91 Å². The second-order valence-corrected chi connectivity index (χ2v) is 10.3. The van der Waals surface area contributed by atoms with Gasteiger partial charge in [-0.3, -0.25) is 9.10 Å². The Bertz CT molecular complexity index is 1340. The highest BCUT2D eigenvalue weighted by molar-refractivity contribution is 7.92. The van der Waals surface area contributed by atoms with E-state index in [-0.39, 0.29) is 29.1 Å². The molecule has 0 N–H and O–H groups in total. The van der Waals surface area contributed by atoms with Crippen molar-refractivity contribution < 1.29 is 27.4 Å². The van der Waals surface area contributed by atoms with E-state index in [1.165, 1.54) is 32.4 Å². The van der Waals surface area contributed by atoms with Gasteiger partial charge in [0.1, 0.15) is 12.3 Å². The Morgan fingerprint density at radius 1 is 1.00 bits per heavy atom. The lowest BCUT2D eigenvalue weighted by atomic mass is 10.1. The van der Waals surface area contributed by atoms with Gasteiger partial charge in [-0.05, 0) is 68.3 Å².